The smallest absolute Gasteiger partial charge is 0.227 e. The lowest BCUT2D eigenvalue weighted by Crippen LogP contribution is -2.21. The molecule has 0 amide bonds. The molecule has 0 spiro atoms. The molecule has 8 nitrogen and oxygen atoms in total. The minimum absolute atomic E-state index is 0.100. The molecular formula is C20H25FN8. The van der Waals surface area contributed by atoms with E-state index in [0.717, 1.165) is 18.7 Å². The van der Waals surface area contributed by atoms with Gasteiger partial charge < -0.3 is 20.9 Å². The van der Waals surface area contributed by atoms with Gasteiger partial charge in [-0.1, -0.05) is 12.1 Å². The van der Waals surface area contributed by atoms with Crippen molar-refractivity contribution in [1.82, 2.24) is 24.8 Å². The lowest BCUT2D eigenvalue weighted by atomic mass is 10.1. The van der Waals surface area contributed by atoms with Crippen molar-refractivity contribution in [3.63, 3.8) is 0 Å². The molecule has 9 heteroatoms. The molecule has 1 unspecified atom stereocenters. The maximum atomic E-state index is 13.2. The van der Waals surface area contributed by atoms with E-state index in [-0.39, 0.29) is 11.9 Å². The number of hydrogen-bond acceptors (Lipinski definition) is 8. The van der Waals surface area contributed by atoms with Crippen molar-refractivity contribution >= 4 is 23.4 Å². The molecule has 0 aliphatic carbocycles. The van der Waals surface area contributed by atoms with Crippen LogP contribution in [0.5, 0.6) is 0 Å². The fraction of sp³-hybridized carbons (Fsp3) is 0.300. The molecule has 0 aliphatic heterocycles. The molecule has 1 aromatic carbocycles. The van der Waals surface area contributed by atoms with Gasteiger partial charge in [0, 0.05) is 31.5 Å². The highest BCUT2D eigenvalue weighted by molar-refractivity contribution is 5.58. The van der Waals surface area contributed by atoms with Crippen LogP contribution in [-0.2, 0) is 0 Å². The maximum absolute atomic E-state index is 13.2. The molecule has 2 aromatic heterocycles. The quantitative estimate of drug-likeness (QED) is 0.508. The molecule has 152 valence electrons. The first-order valence-corrected chi connectivity index (χ1v) is 9.32. The van der Waals surface area contributed by atoms with Gasteiger partial charge in [-0.3, -0.25) is 4.98 Å². The lowest BCUT2D eigenvalue weighted by molar-refractivity contribution is 0.425. The number of likely N-dealkylation sites (N-methyl/N-ethyl adjacent to an activating group) is 1. The van der Waals surface area contributed by atoms with Crippen molar-refractivity contribution in [2.45, 2.75) is 13.0 Å². The third-order valence-corrected chi connectivity index (χ3v) is 4.13. The number of rotatable bonds is 9. The molecular weight excluding hydrogens is 371 g/mol. The normalized spacial score (nSPS) is 11.9. The molecule has 3 rings (SSSR count). The summed E-state index contributed by atoms with van der Waals surface area (Å²) in [6, 6.07) is 8.08. The van der Waals surface area contributed by atoms with Gasteiger partial charge in [-0.05, 0) is 38.7 Å². The Bertz CT molecular complexity index is 902. The topological polar surface area (TPSA) is 90.9 Å². The third kappa shape index (κ3) is 6.35. The van der Waals surface area contributed by atoms with E-state index in [1.807, 2.05) is 27.1 Å². The summed E-state index contributed by atoms with van der Waals surface area (Å²) in [5.41, 5.74) is 0.935. The van der Waals surface area contributed by atoms with Crippen molar-refractivity contribution in [2.75, 3.05) is 43.1 Å². The predicted octanol–water partition coefficient (Wildman–Crippen LogP) is 3.30. The summed E-state index contributed by atoms with van der Waals surface area (Å²) in [5.74, 6) is 2.04. The zero-order valence-electron chi connectivity index (χ0n) is 16.7. The van der Waals surface area contributed by atoms with Crippen molar-refractivity contribution < 1.29 is 4.39 Å². The molecule has 3 aromatic rings. The van der Waals surface area contributed by atoms with Crippen molar-refractivity contribution in [3.8, 4) is 0 Å². The Labute approximate surface area is 169 Å². The summed E-state index contributed by atoms with van der Waals surface area (Å²) in [5, 5.41) is 9.72. The molecule has 29 heavy (non-hydrogen) atoms. The van der Waals surface area contributed by atoms with E-state index in [9.17, 15) is 4.39 Å². The minimum Gasteiger partial charge on any atom is -0.369 e. The van der Waals surface area contributed by atoms with Crippen LogP contribution < -0.4 is 16.0 Å². The summed E-state index contributed by atoms with van der Waals surface area (Å²) >= 11 is 0. The Morgan fingerprint density at radius 3 is 2.48 bits per heavy atom. The summed E-state index contributed by atoms with van der Waals surface area (Å²) < 4.78 is 13.2. The molecule has 0 bridgehead atoms. The van der Waals surface area contributed by atoms with Gasteiger partial charge in [0.1, 0.15) is 23.3 Å². The van der Waals surface area contributed by atoms with Crippen LogP contribution in [0.15, 0.2) is 48.9 Å². The first-order valence-electron chi connectivity index (χ1n) is 9.32. The van der Waals surface area contributed by atoms with Crippen LogP contribution in [0.2, 0.25) is 0 Å². The average molecular weight is 396 g/mol. The number of anilines is 4. The van der Waals surface area contributed by atoms with Gasteiger partial charge in [-0.25, -0.2) is 9.37 Å². The monoisotopic (exact) mass is 396 g/mol. The van der Waals surface area contributed by atoms with Crippen molar-refractivity contribution in [1.29, 1.82) is 0 Å². The molecule has 0 aliphatic rings. The van der Waals surface area contributed by atoms with E-state index in [4.69, 9.17) is 0 Å². The number of hydrogen-bond donors (Lipinski definition) is 3. The predicted molar refractivity (Wildman–Crippen MR) is 113 cm³/mol. The minimum atomic E-state index is -0.264. The average Bonchev–Trinajstić information content (AvgIpc) is 2.69. The zero-order valence-corrected chi connectivity index (χ0v) is 16.7. The summed E-state index contributed by atoms with van der Waals surface area (Å²) in [7, 11) is 4.03. The molecule has 3 N–H and O–H groups in total. The van der Waals surface area contributed by atoms with E-state index in [2.05, 4.69) is 40.8 Å². The van der Waals surface area contributed by atoms with E-state index in [1.54, 1.807) is 30.7 Å². The van der Waals surface area contributed by atoms with Gasteiger partial charge in [0.2, 0.25) is 5.95 Å². The SMILES string of the molecule is CC(Nc1nc(NCCN(C)C)cc(Nc2cnccn2)n1)c1ccc(F)cc1. The van der Waals surface area contributed by atoms with Gasteiger partial charge in [0.25, 0.3) is 0 Å². The van der Waals surface area contributed by atoms with Crippen LogP contribution in [0, 0.1) is 5.82 Å². The first-order chi connectivity index (χ1) is 14.0. The number of nitrogens with one attached hydrogen (secondary N) is 3. The van der Waals surface area contributed by atoms with Gasteiger partial charge >= 0.3 is 0 Å². The van der Waals surface area contributed by atoms with Crippen LogP contribution in [0.3, 0.4) is 0 Å². The van der Waals surface area contributed by atoms with Crippen molar-refractivity contribution in [3.05, 3.63) is 60.3 Å². The Morgan fingerprint density at radius 1 is 1.03 bits per heavy atom. The van der Waals surface area contributed by atoms with Crippen LogP contribution in [-0.4, -0.2) is 52.0 Å². The standard InChI is InChI=1S/C20H25FN8/c1-14(15-4-6-16(21)7-5-15)25-20-27-17(24-10-11-29(2)3)12-18(28-20)26-19-13-22-8-9-23-19/h4-9,12-14H,10-11H2,1-3H3,(H3,23,24,25,26,27,28). The summed E-state index contributed by atoms with van der Waals surface area (Å²) in [4.78, 5) is 19.4. The van der Waals surface area contributed by atoms with Gasteiger partial charge in [-0.2, -0.15) is 9.97 Å². The molecule has 0 saturated heterocycles. The van der Waals surface area contributed by atoms with Crippen LogP contribution >= 0.6 is 0 Å². The molecule has 2 heterocycles. The number of halogens is 1. The van der Waals surface area contributed by atoms with Crippen LogP contribution in [0.1, 0.15) is 18.5 Å². The molecule has 0 fully saturated rings. The van der Waals surface area contributed by atoms with E-state index in [1.165, 1.54) is 12.1 Å². The Balaban J connectivity index is 1.79. The van der Waals surface area contributed by atoms with Crippen molar-refractivity contribution in [2.24, 2.45) is 0 Å². The second-order valence-corrected chi connectivity index (χ2v) is 6.83. The Morgan fingerprint density at radius 2 is 1.79 bits per heavy atom. The zero-order chi connectivity index (χ0) is 20.6. The molecule has 0 radical (unpaired) electrons. The molecule has 0 saturated carbocycles. The van der Waals surface area contributed by atoms with Crippen LogP contribution in [0.25, 0.3) is 0 Å². The first kappa shape index (κ1) is 20.4. The van der Waals surface area contributed by atoms with E-state index >= 15 is 0 Å². The highest BCUT2D eigenvalue weighted by Gasteiger charge is 2.11. The fourth-order valence-corrected chi connectivity index (χ4v) is 2.60. The van der Waals surface area contributed by atoms with Gasteiger partial charge in [-0.15, -0.1) is 0 Å². The number of nitrogens with zero attached hydrogens (tertiary/aromatic N) is 5. The highest BCUT2D eigenvalue weighted by Crippen LogP contribution is 2.21. The number of aromatic nitrogens is 4. The Hall–Kier alpha value is -3.33. The summed E-state index contributed by atoms with van der Waals surface area (Å²) in [6.45, 7) is 3.58. The van der Waals surface area contributed by atoms with Gasteiger partial charge in [0.15, 0.2) is 0 Å². The largest absolute Gasteiger partial charge is 0.369 e. The lowest BCUT2D eigenvalue weighted by Gasteiger charge is -2.17. The second kappa shape index (κ2) is 9.74. The fourth-order valence-electron chi connectivity index (χ4n) is 2.60. The maximum Gasteiger partial charge on any atom is 0.227 e. The second-order valence-electron chi connectivity index (χ2n) is 6.83. The van der Waals surface area contributed by atoms with Gasteiger partial charge in [0.05, 0.1) is 12.2 Å². The van der Waals surface area contributed by atoms with Crippen LogP contribution in [0.4, 0.5) is 27.8 Å². The summed E-state index contributed by atoms with van der Waals surface area (Å²) in [6.07, 6.45) is 4.84. The third-order valence-electron chi connectivity index (χ3n) is 4.13. The number of benzene rings is 1. The Kier molecular flexibility index (Phi) is 6.85. The van der Waals surface area contributed by atoms with E-state index < -0.39 is 0 Å². The highest BCUT2D eigenvalue weighted by atomic mass is 19.1. The van der Waals surface area contributed by atoms with E-state index in [0.29, 0.717) is 23.4 Å². The molecule has 1 atom stereocenters.